The van der Waals surface area contributed by atoms with E-state index in [9.17, 15) is 18.3 Å². The van der Waals surface area contributed by atoms with Crippen molar-refractivity contribution >= 4 is 6.34 Å². The number of terminal acetylenes is 1. The number of aliphatic hydroxyl groups is 1. The summed E-state index contributed by atoms with van der Waals surface area (Å²) in [6, 6.07) is 5.84. The molecule has 1 unspecified atom stereocenters. The van der Waals surface area contributed by atoms with Crippen LogP contribution in [-0.4, -0.2) is 28.2 Å². The van der Waals surface area contributed by atoms with Gasteiger partial charge < -0.3 is 19.8 Å². The first-order chi connectivity index (χ1) is 11.4. The molecule has 0 aliphatic rings. The van der Waals surface area contributed by atoms with Gasteiger partial charge in [0.15, 0.2) is 12.8 Å². The topological polar surface area (TPSA) is 92.8 Å². The molecule has 0 saturated heterocycles. The predicted molar refractivity (Wildman–Crippen MR) is 76.1 cm³/mol. The van der Waals surface area contributed by atoms with Gasteiger partial charge in [-0.05, 0) is 0 Å². The summed E-state index contributed by atoms with van der Waals surface area (Å²) in [7, 11) is 0. The highest BCUT2D eigenvalue weighted by atomic mass is 19.4. The Morgan fingerprint density at radius 3 is 2.71 bits per heavy atom. The molecule has 2 N–H and O–H groups in total. The smallest absolute Gasteiger partial charge is 0.381 e. The summed E-state index contributed by atoms with van der Waals surface area (Å²) >= 11 is 0. The van der Waals surface area contributed by atoms with Crippen molar-refractivity contribution < 1.29 is 27.6 Å². The Morgan fingerprint density at radius 2 is 2.12 bits per heavy atom. The maximum atomic E-state index is 12.4. The highest BCUT2D eigenvalue weighted by Crippen LogP contribution is 2.29. The third-order valence-corrected chi connectivity index (χ3v) is 2.66. The quantitative estimate of drug-likeness (QED) is 0.208. The molecule has 2 rings (SSSR count). The molecule has 0 aliphatic carbocycles. The fraction of sp³-hybridized carbons (Fsp3) is 0.214. The van der Waals surface area contributed by atoms with Crippen LogP contribution in [-0.2, 0) is 11.0 Å². The summed E-state index contributed by atoms with van der Waals surface area (Å²) in [5.41, 5.74) is 0.734. The minimum atomic E-state index is -4.70. The van der Waals surface area contributed by atoms with Crippen LogP contribution in [0.25, 0.3) is 11.4 Å². The van der Waals surface area contributed by atoms with Gasteiger partial charge >= 0.3 is 12.1 Å². The molecule has 0 aliphatic heterocycles. The summed E-state index contributed by atoms with van der Waals surface area (Å²) < 4.78 is 41.4. The van der Waals surface area contributed by atoms with Gasteiger partial charge in [-0.1, -0.05) is 40.5 Å². The second kappa shape index (κ2) is 7.47. The molecule has 0 amide bonds. The molecule has 0 fully saturated rings. The zero-order chi connectivity index (χ0) is 17.6. The average molecular weight is 340 g/mol. The lowest BCUT2D eigenvalue weighted by Crippen LogP contribution is -2.19. The Hall–Kier alpha value is -3.06. The summed E-state index contributed by atoms with van der Waals surface area (Å²) in [6.45, 7) is -0.00636. The lowest BCUT2D eigenvalue weighted by molar-refractivity contribution is -0.159. The number of nitrogens with one attached hydrogen (secondary N) is 1. The number of alkyl halides is 3. The van der Waals surface area contributed by atoms with Crippen LogP contribution in [0.1, 0.15) is 17.7 Å². The minimum absolute atomic E-state index is 0.00636. The van der Waals surface area contributed by atoms with Gasteiger partial charge in [-0.2, -0.15) is 18.2 Å². The van der Waals surface area contributed by atoms with Crippen molar-refractivity contribution in [1.29, 1.82) is 0 Å². The maximum Gasteiger partial charge on any atom is 0.471 e. The number of rotatable bonds is 6. The van der Waals surface area contributed by atoms with E-state index in [1.165, 1.54) is 24.3 Å². The van der Waals surface area contributed by atoms with Crippen LogP contribution in [0.2, 0.25) is 0 Å². The minimum Gasteiger partial charge on any atom is -0.381 e. The first-order valence-corrected chi connectivity index (χ1v) is 6.44. The predicted octanol–water partition coefficient (Wildman–Crippen LogP) is 1.93. The van der Waals surface area contributed by atoms with Crippen LogP contribution < -0.4 is 5.32 Å². The number of halogens is 3. The molecule has 126 valence electrons. The zero-order valence-corrected chi connectivity index (χ0v) is 12.0. The van der Waals surface area contributed by atoms with Crippen molar-refractivity contribution in [3.05, 3.63) is 35.7 Å². The SMILES string of the molecule is C#CCO/N=C\NC(O)c1ccc(-c2noc(C(F)(F)F)n2)cc1. The Balaban J connectivity index is 2.01. The molecule has 7 nitrogen and oxygen atoms in total. The van der Waals surface area contributed by atoms with E-state index in [-0.39, 0.29) is 12.4 Å². The number of aromatic nitrogens is 2. The lowest BCUT2D eigenvalue weighted by atomic mass is 10.1. The molecular formula is C14H11F3N4O3. The van der Waals surface area contributed by atoms with Gasteiger partial charge in [0.05, 0.1) is 0 Å². The molecule has 0 bridgehead atoms. The third kappa shape index (κ3) is 4.47. The van der Waals surface area contributed by atoms with Gasteiger partial charge in [-0.25, -0.2) is 0 Å². The van der Waals surface area contributed by atoms with Crippen molar-refractivity contribution in [3.63, 3.8) is 0 Å². The average Bonchev–Trinajstić information content (AvgIpc) is 3.05. The summed E-state index contributed by atoms with van der Waals surface area (Å²) in [6.07, 6.45) is 0.261. The number of hydrogen-bond donors (Lipinski definition) is 2. The molecule has 10 heteroatoms. The van der Waals surface area contributed by atoms with Gasteiger partial charge in [-0.15, -0.1) is 6.42 Å². The van der Waals surface area contributed by atoms with Crippen molar-refractivity contribution in [2.75, 3.05) is 6.61 Å². The van der Waals surface area contributed by atoms with E-state index in [2.05, 4.69) is 35.9 Å². The number of benzene rings is 1. The van der Waals surface area contributed by atoms with Gasteiger partial charge in [-0.3, -0.25) is 0 Å². The number of oxime groups is 1. The van der Waals surface area contributed by atoms with Gasteiger partial charge in [0.1, 0.15) is 6.34 Å². The maximum absolute atomic E-state index is 12.4. The van der Waals surface area contributed by atoms with Crippen molar-refractivity contribution in [2.24, 2.45) is 5.16 Å². The van der Waals surface area contributed by atoms with Gasteiger partial charge in [0.2, 0.25) is 5.82 Å². The Morgan fingerprint density at radius 1 is 1.42 bits per heavy atom. The van der Waals surface area contributed by atoms with E-state index >= 15 is 0 Å². The van der Waals surface area contributed by atoms with Crippen LogP contribution in [0.15, 0.2) is 33.9 Å². The highest BCUT2D eigenvalue weighted by molar-refractivity contribution is 5.56. The van der Waals surface area contributed by atoms with E-state index in [1.807, 2.05) is 0 Å². The van der Waals surface area contributed by atoms with Gasteiger partial charge in [0, 0.05) is 11.1 Å². The summed E-state index contributed by atoms with van der Waals surface area (Å²) in [5.74, 6) is 0.572. The van der Waals surface area contributed by atoms with E-state index in [0.29, 0.717) is 11.1 Å². The van der Waals surface area contributed by atoms with E-state index in [0.717, 1.165) is 6.34 Å². The van der Waals surface area contributed by atoms with E-state index in [4.69, 9.17) is 6.42 Å². The van der Waals surface area contributed by atoms with Gasteiger partial charge in [0.25, 0.3) is 0 Å². The first-order valence-electron chi connectivity index (χ1n) is 6.44. The second-order valence-corrected chi connectivity index (χ2v) is 4.32. The van der Waals surface area contributed by atoms with E-state index < -0.39 is 18.3 Å². The van der Waals surface area contributed by atoms with Crippen molar-refractivity contribution in [2.45, 2.75) is 12.4 Å². The molecular weight excluding hydrogens is 329 g/mol. The Labute approximate surface area is 134 Å². The molecule has 0 saturated carbocycles. The first kappa shape index (κ1) is 17.3. The lowest BCUT2D eigenvalue weighted by Gasteiger charge is -2.10. The molecule has 1 aromatic carbocycles. The fourth-order valence-electron chi connectivity index (χ4n) is 1.58. The Kier molecular flexibility index (Phi) is 5.39. The monoisotopic (exact) mass is 340 g/mol. The molecule has 24 heavy (non-hydrogen) atoms. The van der Waals surface area contributed by atoms with E-state index in [1.54, 1.807) is 0 Å². The van der Waals surface area contributed by atoms with Crippen LogP contribution in [0.5, 0.6) is 0 Å². The molecule has 1 atom stereocenters. The van der Waals surface area contributed by atoms with Crippen LogP contribution in [0.3, 0.4) is 0 Å². The normalized spacial score (nSPS) is 12.8. The standard InChI is InChI=1S/C14H11F3N4O3/c1-2-7-23-19-8-18-12(22)10-5-3-9(4-6-10)11-20-13(24-21-11)14(15,16)17/h1,3-6,8,12,22H,7H2,(H,18,19). The van der Waals surface area contributed by atoms with Crippen LogP contribution in [0, 0.1) is 12.3 Å². The highest BCUT2D eigenvalue weighted by Gasteiger charge is 2.38. The largest absolute Gasteiger partial charge is 0.471 e. The molecule has 0 radical (unpaired) electrons. The fourth-order valence-corrected chi connectivity index (χ4v) is 1.58. The summed E-state index contributed by atoms with van der Waals surface area (Å²) in [4.78, 5) is 7.89. The molecule has 1 heterocycles. The number of hydrogen-bond acceptors (Lipinski definition) is 6. The molecule has 2 aromatic rings. The second-order valence-electron chi connectivity index (χ2n) is 4.32. The third-order valence-electron chi connectivity index (χ3n) is 2.66. The molecule has 1 aromatic heterocycles. The summed E-state index contributed by atoms with van der Waals surface area (Å²) in [5, 5.41) is 19.1. The number of aliphatic hydroxyl groups excluding tert-OH is 1. The molecule has 0 spiro atoms. The van der Waals surface area contributed by atoms with Crippen molar-refractivity contribution in [1.82, 2.24) is 15.5 Å². The zero-order valence-electron chi connectivity index (χ0n) is 12.0. The number of nitrogens with zero attached hydrogens (tertiary/aromatic N) is 3. The Bertz CT molecular complexity index is 735. The van der Waals surface area contributed by atoms with Crippen LogP contribution >= 0.6 is 0 Å². The van der Waals surface area contributed by atoms with Crippen LogP contribution in [0.4, 0.5) is 13.2 Å². The van der Waals surface area contributed by atoms with Crippen molar-refractivity contribution in [3.8, 4) is 23.7 Å².